The molecule has 17 heavy (non-hydrogen) atoms. The molecule has 2 rings (SSSR count). The van der Waals surface area contributed by atoms with Gasteiger partial charge in [0, 0.05) is 23.7 Å². The SMILES string of the molecule is Cn1cc(CS(=O)c2ccc(N)c(F)c2)cn1. The molecular weight excluding hydrogens is 241 g/mol. The third-order valence-corrected chi connectivity index (χ3v) is 3.67. The van der Waals surface area contributed by atoms with E-state index in [-0.39, 0.29) is 5.69 Å². The van der Waals surface area contributed by atoms with Crippen LogP contribution in [0.1, 0.15) is 5.56 Å². The maximum absolute atomic E-state index is 13.2. The number of hydrogen-bond acceptors (Lipinski definition) is 3. The van der Waals surface area contributed by atoms with Crippen molar-refractivity contribution in [2.24, 2.45) is 7.05 Å². The molecule has 0 aliphatic carbocycles. The fraction of sp³-hybridized carbons (Fsp3) is 0.182. The number of rotatable bonds is 3. The molecule has 0 bridgehead atoms. The molecular formula is C11H12FN3OS. The fourth-order valence-electron chi connectivity index (χ4n) is 1.43. The summed E-state index contributed by atoms with van der Waals surface area (Å²) in [7, 11) is 0.499. The van der Waals surface area contributed by atoms with Crippen LogP contribution in [-0.4, -0.2) is 14.0 Å². The van der Waals surface area contributed by atoms with Crippen LogP contribution in [0.25, 0.3) is 0 Å². The second kappa shape index (κ2) is 4.67. The van der Waals surface area contributed by atoms with Gasteiger partial charge >= 0.3 is 0 Å². The van der Waals surface area contributed by atoms with E-state index in [1.165, 1.54) is 12.1 Å². The molecule has 0 saturated carbocycles. The molecule has 0 amide bonds. The Kier molecular flexibility index (Phi) is 3.23. The molecule has 6 heteroatoms. The lowest BCUT2D eigenvalue weighted by atomic mass is 10.3. The number of nitrogens with zero attached hydrogens (tertiary/aromatic N) is 2. The van der Waals surface area contributed by atoms with E-state index in [1.807, 2.05) is 0 Å². The highest BCUT2D eigenvalue weighted by Crippen LogP contribution is 2.17. The van der Waals surface area contributed by atoms with Gasteiger partial charge in [-0.1, -0.05) is 0 Å². The molecule has 1 aromatic carbocycles. The summed E-state index contributed by atoms with van der Waals surface area (Å²) >= 11 is 0. The maximum Gasteiger partial charge on any atom is 0.147 e. The van der Waals surface area contributed by atoms with Gasteiger partial charge in [0.15, 0.2) is 0 Å². The van der Waals surface area contributed by atoms with Crippen molar-refractivity contribution in [2.45, 2.75) is 10.6 Å². The van der Waals surface area contributed by atoms with Crippen LogP contribution in [0.15, 0.2) is 35.5 Å². The van der Waals surface area contributed by atoms with E-state index < -0.39 is 16.6 Å². The topological polar surface area (TPSA) is 60.9 Å². The predicted molar refractivity (Wildman–Crippen MR) is 64.1 cm³/mol. The summed E-state index contributed by atoms with van der Waals surface area (Å²) in [6.45, 7) is 0. The minimum atomic E-state index is -1.29. The van der Waals surface area contributed by atoms with Crippen molar-refractivity contribution in [2.75, 3.05) is 5.73 Å². The molecule has 1 atom stereocenters. The van der Waals surface area contributed by atoms with Gasteiger partial charge < -0.3 is 5.73 Å². The fourth-order valence-corrected chi connectivity index (χ4v) is 2.50. The van der Waals surface area contributed by atoms with Gasteiger partial charge in [0.05, 0.1) is 28.4 Å². The van der Waals surface area contributed by atoms with E-state index in [2.05, 4.69) is 5.10 Å². The van der Waals surface area contributed by atoms with Gasteiger partial charge in [-0.25, -0.2) is 4.39 Å². The third kappa shape index (κ3) is 2.71. The van der Waals surface area contributed by atoms with Crippen molar-refractivity contribution >= 4 is 16.5 Å². The van der Waals surface area contributed by atoms with Gasteiger partial charge in [-0.2, -0.15) is 5.10 Å². The quantitative estimate of drug-likeness (QED) is 0.842. The minimum absolute atomic E-state index is 0.0622. The number of aromatic nitrogens is 2. The van der Waals surface area contributed by atoms with Crippen molar-refractivity contribution in [3.63, 3.8) is 0 Å². The number of hydrogen-bond donors (Lipinski definition) is 1. The highest BCUT2D eigenvalue weighted by Gasteiger charge is 2.09. The molecule has 0 fully saturated rings. The Hall–Kier alpha value is -1.69. The second-order valence-corrected chi connectivity index (χ2v) is 5.15. The predicted octanol–water partition coefficient (Wildman–Crippen LogP) is 1.45. The number of anilines is 1. The van der Waals surface area contributed by atoms with Crippen LogP contribution in [-0.2, 0) is 23.6 Å². The maximum atomic E-state index is 13.2. The van der Waals surface area contributed by atoms with Crippen molar-refractivity contribution in [1.82, 2.24) is 9.78 Å². The van der Waals surface area contributed by atoms with Gasteiger partial charge in [-0.3, -0.25) is 8.89 Å². The lowest BCUT2D eigenvalue weighted by Crippen LogP contribution is -1.98. The van der Waals surface area contributed by atoms with Crippen LogP contribution in [0.4, 0.5) is 10.1 Å². The van der Waals surface area contributed by atoms with E-state index in [0.29, 0.717) is 10.6 Å². The Morgan fingerprint density at radius 3 is 2.88 bits per heavy atom. The molecule has 2 N–H and O–H groups in total. The molecule has 2 aromatic rings. The van der Waals surface area contributed by atoms with Gasteiger partial charge in [-0.05, 0) is 18.2 Å². The summed E-state index contributed by atoms with van der Waals surface area (Å²) in [5.41, 5.74) is 6.27. The Bertz CT molecular complexity index is 568. The van der Waals surface area contributed by atoms with E-state index in [0.717, 1.165) is 5.56 Å². The van der Waals surface area contributed by atoms with Crippen LogP contribution in [0, 0.1) is 5.82 Å². The van der Waals surface area contributed by atoms with E-state index in [1.54, 1.807) is 30.2 Å². The highest BCUT2D eigenvalue weighted by atomic mass is 32.2. The summed E-state index contributed by atoms with van der Waals surface area (Å²) in [4.78, 5) is 0.431. The highest BCUT2D eigenvalue weighted by molar-refractivity contribution is 7.84. The van der Waals surface area contributed by atoms with Gasteiger partial charge in [-0.15, -0.1) is 0 Å². The second-order valence-electron chi connectivity index (χ2n) is 3.70. The Morgan fingerprint density at radius 1 is 1.53 bits per heavy atom. The van der Waals surface area contributed by atoms with Gasteiger partial charge in [0.1, 0.15) is 5.82 Å². The number of aryl methyl sites for hydroxylation is 1. The summed E-state index contributed by atoms with van der Waals surface area (Å²) in [5, 5.41) is 3.98. The van der Waals surface area contributed by atoms with Crippen molar-refractivity contribution < 1.29 is 8.60 Å². The lowest BCUT2D eigenvalue weighted by Gasteiger charge is -2.02. The first-order valence-corrected chi connectivity index (χ1v) is 6.29. The molecule has 1 unspecified atom stereocenters. The molecule has 0 spiro atoms. The van der Waals surface area contributed by atoms with Crippen LogP contribution >= 0.6 is 0 Å². The zero-order valence-electron chi connectivity index (χ0n) is 9.26. The van der Waals surface area contributed by atoms with E-state index >= 15 is 0 Å². The molecule has 0 radical (unpaired) electrons. The molecule has 90 valence electrons. The Labute approximate surface area is 101 Å². The monoisotopic (exact) mass is 253 g/mol. The summed E-state index contributed by atoms with van der Waals surface area (Å²) in [5.74, 6) is -0.223. The van der Waals surface area contributed by atoms with Crippen LogP contribution < -0.4 is 5.73 Å². The number of halogens is 1. The molecule has 1 aromatic heterocycles. The zero-order chi connectivity index (χ0) is 12.4. The van der Waals surface area contributed by atoms with Crippen LogP contribution in [0.2, 0.25) is 0 Å². The first-order valence-electron chi connectivity index (χ1n) is 4.97. The molecule has 0 aliphatic heterocycles. The summed E-state index contributed by atoms with van der Waals surface area (Å²) < 4.78 is 26.8. The van der Waals surface area contributed by atoms with E-state index in [4.69, 9.17) is 5.73 Å². The van der Waals surface area contributed by atoms with Gasteiger partial charge in [0.2, 0.25) is 0 Å². The summed E-state index contributed by atoms with van der Waals surface area (Å²) in [6, 6.07) is 4.21. The number of nitrogen functional groups attached to an aromatic ring is 1. The third-order valence-electron chi connectivity index (χ3n) is 2.29. The normalized spacial score (nSPS) is 12.6. The number of benzene rings is 1. The van der Waals surface area contributed by atoms with E-state index in [9.17, 15) is 8.60 Å². The zero-order valence-corrected chi connectivity index (χ0v) is 10.1. The molecule has 0 saturated heterocycles. The first-order chi connectivity index (χ1) is 8.06. The average molecular weight is 253 g/mol. The standard InChI is InChI=1S/C11H12FN3OS/c1-15-6-8(5-14-15)7-17(16)9-2-3-11(13)10(12)4-9/h2-6H,7,13H2,1H3. The average Bonchev–Trinajstić information content (AvgIpc) is 2.68. The Balaban J connectivity index is 2.17. The van der Waals surface area contributed by atoms with Gasteiger partial charge in [0.25, 0.3) is 0 Å². The molecule has 1 heterocycles. The molecule has 4 nitrogen and oxygen atoms in total. The number of nitrogens with two attached hydrogens (primary N) is 1. The Morgan fingerprint density at radius 2 is 2.29 bits per heavy atom. The van der Waals surface area contributed by atoms with Crippen LogP contribution in [0.3, 0.4) is 0 Å². The van der Waals surface area contributed by atoms with Crippen LogP contribution in [0.5, 0.6) is 0 Å². The molecule has 0 aliphatic rings. The largest absolute Gasteiger partial charge is 0.396 e. The van der Waals surface area contributed by atoms with Crippen molar-refractivity contribution in [3.8, 4) is 0 Å². The summed E-state index contributed by atoms with van der Waals surface area (Å²) in [6.07, 6.45) is 3.43. The smallest absolute Gasteiger partial charge is 0.147 e. The van der Waals surface area contributed by atoms with Crippen molar-refractivity contribution in [3.05, 3.63) is 42.0 Å². The lowest BCUT2D eigenvalue weighted by molar-refractivity contribution is 0.627. The first kappa shape index (κ1) is 11.8. The van der Waals surface area contributed by atoms with Crippen molar-refractivity contribution in [1.29, 1.82) is 0 Å². The minimum Gasteiger partial charge on any atom is -0.396 e.